The summed E-state index contributed by atoms with van der Waals surface area (Å²) in [7, 11) is 0.622. The summed E-state index contributed by atoms with van der Waals surface area (Å²) in [5.41, 5.74) is 2.52. The monoisotopic (exact) mass is 326 g/mol. The van der Waals surface area contributed by atoms with Crippen LogP contribution in [0.15, 0.2) is 0 Å². The van der Waals surface area contributed by atoms with Gasteiger partial charge in [0.1, 0.15) is 0 Å². The summed E-state index contributed by atoms with van der Waals surface area (Å²) < 4.78 is 31.0. The van der Waals surface area contributed by atoms with E-state index < -0.39 is 10.0 Å². The number of sulfonamides is 1. The molecule has 7 nitrogen and oxygen atoms in total. The van der Waals surface area contributed by atoms with Gasteiger partial charge in [-0.15, -0.1) is 0 Å². The minimum atomic E-state index is -3.19. The Labute approximate surface area is 131 Å². The molecule has 0 unspecified atom stereocenters. The Kier molecular flexibility index (Phi) is 3.65. The van der Waals surface area contributed by atoms with Gasteiger partial charge in [0, 0.05) is 38.4 Å². The Bertz CT molecular complexity index is 704. The number of fused-ring (bicyclic) bond motifs is 2. The molecule has 1 atom stereocenters. The third kappa shape index (κ3) is 2.49. The quantitative estimate of drug-likeness (QED) is 0.777. The maximum atomic E-state index is 11.9. The molecule has 1 fully saturated rings. The van der Waals surface area contributed by atoms with E-state index in [-0.39, 0.29) is 5.41 Å². The normalized spacial score (nSPS) is 25.5. The van der Waals surface area contributed by atoms with Crippen LogP contribution in [0.3, 0.4) is 0 Å². The van der Waals surface area contributed by atoms with Crippen LogP contribution in [0, 0.1) is 6.92 Å². The molecule has 122 valence electrons. The highest BCUT2D eigenvalue weighted by Gasteiger charge is 2.47. The number of nitrogens with zero attached hydrogens (tertiary/aromatic N) is 4. The number of hydrogen-bond acceptors (Lipinski definition) is 6. The van der Waals surface area contributed by atoms with Gasteiger partial charge in [-0.3, -0.25) is 0 Å². The summed E-state index contributed by atoms with van der Waals surface area (Å²) >= 11 is 0. The molecule has 2 aliphatic heterocycles. The van der Waals surface area contributed by atoms with Gasteiger partial charge in [-0.1, -0.05) is 0 Å². The molecule has 0 radical (unpaired) electrons. The summed E-state index contributed by atoms with van der Waals surface area (Å²) in [4.78, 5) is 11.1. The molecule has 8 heteroatoms. The van der Waals surface area contributed by atoms with E-state index >= 15 is 0 Å². The van der Waals surface area contributed by atoms with Crippen molar-refractivity contribution in [3.8, 4) is 0 Å². The average molecular weight is 326 g/mol. The van der Waals surface area contributed by atoms with Gasteiger partial charge in [-0.2, -0.15) is 0 Å². The first-order chi connectivity index (χ1) is 10.2. The number of rotatable bonds is 2. The lowest BCUT2D eigenvalue weighted by atomic mass is 9.80. The number of aromatic nitrogens is 2. The van der Waals surface area contributed by atoms with E-state index in [1.165, 1.54) is 10.6 Å². The largest absolute Gasteiger partial charge is 0.376 e. The molecule has 3 heterocycles. The molecule has 2 aliphatic rings. The lowest BCUT2D eigenvalue weighted by Crippen LogP contribution is -2.42. The summed E-state index contributed by atoms with van der Waals surface area (Å²) in [6, 6.07) is 0. The molecular formula is C14H22N4O3S. The maximum Gasteiger partial charge on any atom is 0.225 e. The highest BCUT2D eigenvalue weighted by molar-refractivity contribution is 7.88. The molecule has 22 heavy (non-hydrogen) atoms. The molecule has 0 bridgehead atoms. The molecule has 0 amide bonds. The van der Waals surface area contributed by atoms with Gasteiger partial charge in [0.15, 0.2) is 0 Å². The van der Waals surface area contributed by atoms with E-state index in [9.17, 15) is 8.42 Å². The fourth-order valence-corrected chi connectivity index (χ4v) is 4.14. The molecule has 0 aromatic carbocycles. The van der Waals surface area contributed by atoms with Gasteiger partial charge in [0.25, 0.3) is 0 Å². The lowest BCUT2D eigenvalue weighted by molar-refractivity contribution is 0.0527. The Hall–Kier alpha value is -1.25. The third-order valence-corrected chi connectivity index (χ3v) is 5.77. The molecule has 1 spiro atoms. The van der Waals surface area contributed by atoms with Gasteiger partial charge in [-0.25, -0.2) is 22.7 Å². The topological polar surface area (TPSA) is 75.6 Å². The van der Waals surface area contributed by atoms with Gasteiger partial charge in [-0.05, 0) is 13.3 Å². The molecule has 0 aliphatic carbocycles. The minimum Gasteiger partial charge on any atom is -0.376 e. The summed E-state index contributed by atoms with van der Waals surface area (Å²) in [5, 5.41) is 0. The van der Waals surface area contributed by atoms with Crippen molar-refractivity contribution in [2.45, 2.75) is 25.4 Å². The zero-order valence-electron chi connectivity index (χ0n) is 13.5. The molecule has 0 saturated carbocycles. The van der Waals surface area contributed by atoms with Crippen LogP contribution in [0.25, 0.3) is 0 Å². The van der Waals surface area contributed by atoms with E-state index in [1.807, 2.05) is 25.9 Å². The predicted octanol–water partition coefficient (Wildman–Crippen LogP) is 0.284. The van der Waals surface area contributed by atoms with E-state index in [0.717, 1.165) is 23.4 Å². The highest BCUT2D eigenvalue weighted by Crippen LogP contribution is 2.40. The van der Waals surface area contributed by atoms with Crippen LogP contribution in [0.4, 0.5) is 5.95 Å². The standard InChI is InChI=1S/C14H22N4O3S/c1-10-11-7-21-9-14(5-6-18(8-14)22(4,19)20)12(11)16-13(15-10)17(2)3/h5-9H2,1-4H3/t14-/m1/s1. The molecule has 0 N–H and O–H groups in total. The van der Waals surface area contributed by atoms with E-state index in [0.29, 0.717) is 32.3 Å². The summed E-state index contributed by atoms with van der Waals surface area (Å²) in [6.07, 6.45) is 1.99. The highest BCUT2D eigenvalue weighted by atomic mass is 32.2. The van der Waals surface area contributed by atoms with Crippen LogP contribution < -0.4 is 4.90 Å². The Balaban J connectivity index is 2.08. The van der Waals surface area contributed by atoms with Crippen molar-refractivity contribution in [2.75, 3.05) is 44.9 Å². The van der Waals surface area contributed by atoms with E-state index in [2.05, 4.69) is 4.98 Å². The van der Waals surface area contributed by atoms with Gasteiger partial charge >= 0.3 is 0 Å². The first kappa shape index (κ1) is 15.6. The molecule has 1 aromatic rings. The second kappa shape index (κ2) is 5.14. The third-order valence-electron chi connectivity index (χ3n) is 4.52. The second-order valence-electron chi connectivity index (χ2n) is 6.45. The minimum absolute atomic E-state index is 0.352. The van der Waals surface area contributed by atoms with Crippen molar-refractivity contribution >= 4 is 16.0 Å². The van der Waals surface area contributed by atoms with Crippen LogP contribution in [0.2, 0.25) is 0 Å². The van der Waals surface area contributed by atoms with E-state index in [1.54, 1.807) is 0 Å². The van der Waals surface area contributed by atoms with Gasteiger partial charge in [0.2, 0.25) is 16.0 Å². The molecule has 1 saturated heterocycles. The van der Waals surface area contributed by atoms with Crippen LogP contribution >= 0.6 is 0 Å². The maximum absolute atomic E-state index is 11.9. The second-order valence-corrected chi connectivity index (χ2v) is 8.43. The first-order valence-electron chi connectivity index (χ1n) is 7.31. The van der Waals surface area contributed by atoms with Crippen molar-refractivity contribution in [3.05, 3.63) is 17.0 Å². The summed E-state index contributed by atoms with van der Waals surface area (Å²) in [5.74, 6) is 0.662. The zero-order valence-corrected chi connectivity index (χ0v) is 14.3. The van der Waals surface area contributed by atoms with Crippen molar-refractivity contribution in [2.24, 2.45) is 0 Å². The van der Waals surface area contributed by atoms with Crippen LogP contribution in [-0.4, -0.2) is 62.7 Å². The van der Waals surface area contributed by atoms with E-state index in [4.69, 9.17) is 9.72 Å². The number of anilines is 1. The summed E-state index contributed by atoms with van der Waals surface area (Å²) in [6.45, 7) is 3.91. The van der Waals surface area contributed by atoms with Crippen LogP contribution in [0.1, 0.15) is 23.4 Å². The Morgan fingerprint density at radius 2 is 2.05 bits per heavy atom. The average Bonchev–Trinajstić information content (AvgIpc) is 2.85. The van der Waals surface area contributed by atoms with Crippen molar-refractivity contribution in [1.82, 2.24) is 14.3 Å². The number of ether oxygens (including phenoxy) is 1. The Morgan fingerprint density at radius 1 is 1.32 bits per heavy atom. The zero-order chi connectivity index (χ0) is 16.1. The van der Waals surface area contributed by atoms with Crippen molar-refractivity contribution < 1.29 is 13.2 Å². The molecule has 1 aromatic heterocycles. The molecule has 3 rings (SSSR count). The van der Waals surface area contributed by atoms with Crippen LogP contribution in [0.5, 0.6) is 0 Å². The SMILES string of the molecule is Cc1nc(N(C)C)nc2c1COC[C@]21CCN(S(C)(=O)=O)C1. The first-order valence-corrected chi connectivity index (χ1v) is 9.16. The van der Waals surface area contributed by atoms with Gasteiger partial charge < -0.3 is 9.64 Å². The smallest absolute Gasteiger partial charge is 0.225 e. The fourth-order valence-electron chi connectivity index (χ4n) is 3.24. The van der Waals surface area contributed by atoms with Crippen molar-refractivity contribution in [3.63, 3.8) is 0 Å². The molecular weight excluding hydrogens is 304 g/mol. The Morgan fingerprint density at radius 3 is 2.64 bits per heavy atom. The van der Waals surface area contributed by atoms with Crippen molar-refractivity contribution in [1.29, 1.82) is 0 Å². The number of hydrogen-bond donors (Lipinski definition) is 0. The number of aryl methyl sites for hydroxylation is 1. The lowest BCUT2D eigenvalue weighted by Gasteiger charge is -2.35. The predicted molar refractivity (Wildman–Crippen MR) is 83.5 cm³/mol. The fraction of sp³-hybridized carbons (Fsp3) is 0.714. The van der Waals surface area contributed by atoms with Crippen LogP contribution in [-0.2, 0) is 26.8 Å². The van der Waals surface area contributed by atoms with Gasteiger partial charge in [0.05, 0.1) is 30.6 Å².